The van der Waals surface area contributed by atoms with E-state index in [-0.39, 0.29) is 11.7 Å². The summed E-state index contributed by atoms with van der Waals surface area (Å²) < 4.78 is 10.6. The fourth-order valence-corrected chi connectivity index (χ4v) is 2.90. The molecule has 0 atom stereocenters. The summed E-state index contributed by atoms with van der Waals surface area (Å²) in [6, 6.07) is 3.51. The lowest BCUT2D eigenvalue weighted by atomic mass is 10.0. The highest BCUT2D eigenvalue weighted by molar-refractivity contribution is 6.22. The summed E-state index contributed by atoms with van der Waals surface area (Å²) in [6.07, 6.45) is 3.78. The van der Waals surface area contributed by atoms with Gasteiger partial charge in [0.2, 0.25) is 11.7 Å². The highest BCUT2D eigenvalue weighted by Crippen LogP contribution is 2.41. The lowest BCUT2D eigenvalue weighted by Crippen LogP contribution is -2.26. The molecule has 0 bridgehead atoms. The number of hydrogen-bond acceptors (Lipinski definition) is 4. The summed E-state index contributed by atoms with van der Waals surface area (Å²) in [5, 5.41) is 2.83. The number of ether oxygens (including phenoxy) is 2. The Kier molecular flexibility index (Phi) is 6.01. The number of nitrogens with one attached hydrogen (secondary N) is 1. The number of rotatable bonds is 8. The van der Waals surface area contributed by atoms with Crippen LogP contribution in [-0.4, -0.2) is 25.9 Å². The van der Waals surface area contributed by atoms with Crippen molar-refractivity contribution in [3.05, 3.63) is 29.0 Å². The zero-order valence-corrected chi connectivity index (χ0v) is 14.8. The van der Waals surface area contributed by atoms with Crippen molar-refractivity contribution >= 4 is 17.3 Å². The maximum Gasteiger partial charge on any atom is 0.224 e. The molecule has 0 fully saturated rings. The number of Topliss-reactive ketones (excluding diaryl/α,β-unsaturated/α-hetero) is 1. The predicted octanol–water partition coefficient (Wildman–Crippen LogP) is 3.72. The molecule has 1 aliphatic carbocycles. The van der Waals surface area contributed by atoms with E-state index in [2.05, 4.69) is 5.32 Å². The summed E-state index contributed by atoms with van der Waals surface area (Å²) in [7, 11) is 3.11. The van der Waals surface area contributed by atoms with Gasteiger partial charge in [0, 0.05) is 12.0 Å². The van der Waals surface area contributed by atoms with E-state index in [1.54, 1.807) is 13.2 Å². The largest absolute Gasteiger partial charge is 0.493 e. The maximum absolute atomic E-state index is 12.8. The molecule has 0 heterocycles. The molecule has 0 aliphatic heterocycles. The zero-order chi connectivity index (χ0) is 17.7. The van der Waals surface area contributed by atoms with Crippen LogP contribution in [0.2, 0.25) is 0 Å². The topological polar surface area (TPSA) is 64.6 Å². The van der Waals surface area contributed by atoms with Gasteiger partial charge < -0.3 is 14.8 Å². The van der Waals surface area contributed by atoms with Gasteiger partial charge in [0.1, 0.15) is 0 Å². The Morgan fingerprint density at radius 2 is 1.67 bits per heavy atom. The van der Waals surface area contributed by atoms with E-state index in [0.29, 0.717) is 29.2 Å². The molecule has 1 amide bonds. The predicted molar refractivity (Wildman–Crippen MR) is 93.4 cm³/mol. The number of unbranched alkanes of at least 4 members (excludes halogenated alkanes) is 1. The van der Waals surface area contributed by atoms with Crippen molar-refractivity contribution in [3.63, 3.8) is 0 Å². The second-order valence-corrected chi connectivity index (χ2v) is 5.84. The molecule has 0 radical (unpaired) electrons. The Hall–Kier alpha value is -2.30. The van der Waals surface area contributed by atoms with E-state index < -0.39 is 0 Å². The third kappa shape index (κ3) is 3.45. The molecule has 1 aromatic carbocycles. The average Bonchev–Trinajstić information content (AvgIpc) is 2.84. The van der Waals surface area contributed by atoms with Gasteiger partial charge in [-0.2, -0.15) is 0 Å². The summed E-state index contributed by atoms with van der Waals surface area (Å²) in [5.74, 6) is 0.829. The standard InChI is InChI=1S/C19H25NO4/c1-5-7-9-17(21)20-18-12(8-6-2)13-10-15(23-3)16(24-4)11-14(13)19(18)22/h10-11H,5-9H2,1-4H3,(H,20,21,22). The lowest BCUT2D eigenvalue weighted by Gasteiger charge is -2.11. The minimum absolute atomic E-state index is 0.111. The molecule has 5 heteroatoms. The molecular formula is C19H25NO4. The second-order valence-electron chi connectivity index (χ2n) is 5.84. The summed E-state index contributed by atoms with van der Waals surface area (Å²) in [4.78, 5) is 24.9. The van der Waals surface area contributed by atoms with Gasteiger partial charge in [-0.05, 0) is 36.1 Å². The number of amides is 1. The first-order valence-electron chi connectivity index (χ1n) is 8.41. The molecule has 24 heavy (non-hydrogen) atoms. The third-order valence-electron chi connectivity index (χ3n) is 4.14. The molecule has 0 unspecified atom stereocenters. The van der Waals surface area contributed by atoms with Crippen molar-refractivity contribution in [2.24, 2.45) is 0 Å². The molecule has 0 saturated carbocycles. The second kappa shape index (κ2) is 7.99. The van der Waals surface area contributed by atoms with E-state index in [4.69, 9.17) is 9.47 Å². The first-order chi connectivity index (χ1) is 11.6. The number of ketones is 1. The van der Waals surface area contributed by atoms with Gasteiger partial charge >= 0.3 is 0 Å². The van der Waals surface area contributed by atoms with Crippen molar-refractivity contribution in [1.82, 2.24) is 5.32 Å². The Morgan fingerprint density at radius 3 is 2.21 bits per heavy atom. The smallest absolute Gasteiger partial charge is 0.224 e. The van der Waals surface area contributed by atoms with E-state index in [9.17, 15) is 9.59 Å². The first-order valence-corrected chi connectivity index (χ1v) is 8.41. The van der Waals surface area contributed by atoms with Gasteiger partial charge in [0.25, 0.3) is 0 Å². The minimum atomic E-state index is -0.153. The fourth-order valence-electron chi connectivity index (χ4n) is 2.90. The van der Waals surface area contributed by atoms with Gasteiger partial charge in [-0.1, -0.05) is 26.7 Å². The van der Waals surface area contributed by atoms with Crippen molar-refractivity contribution in [2.45, 2.75) is 46.0 Å². The van der Waals surface area contributed by atoms with Crippen LogP contribution in [0.3, 0.4) is 0 Å². The third-order valence-corrected chi connectivity index (χ3v) is 4.14. The molecule has 0 saturated heterocycles. The SMILES string of the molecule is CCCCC(=O)NC1=C(CCC)c2cc(OC)c(OC)cc2C1=O. The van der Waals surface area contributed by atoms with Crippen molar-refractivity contribution in [1.29, 1.82) is 0 Å². The van der Waals surface area contributed by atoms with Gasteiger partial charge in [-0.3, -0.25) is 9.59 Å². The average molecular weight is 331 g/mol. The van der Waals surface area contributed by atoms with Crippen LogP contribution in [-0.2, 0) is 4.79 Å². The Balaban J connectivity index is 2.42. The number of carbonyl (C=O) groups is 2. The molecule has 5 nitrogen and oxygen atoms in total. The maximum atomic E-state index is 12.8. The highest BCUT2D eigenvalue weighted by atomic mass is 16.5. The summed E-state index contributed by atoms with van der Waals surface area (Å²) >= 11 is 0. The lowest BCUT2D eigenvalue weighted by molar-refractivity contribution is -0.120. The highest BCUT2D eigenvalue weighted by Gasteiger charge is 2.31. The van der Waals surface area contributed by atoms with E-state index >= 15 is 0 Å². The van der Waals surface area contributed by atoms with Crippen LogP contribution >= 0.6 is 0 Å². The minimum Gasteiger partial charge on any atom is -0.493 e. The van der Waals surface area contributed by atoms with Crippen LogP contribution in [0.1, 0.15) is 61.9 Å². The normalized spacial score (nSPS) is 13.1. The van der Waals surface area contributed by atoms with E-state index in [0.717, 1.165) is 36.8 Å². The number of hydrogen-bond donors (Lipinski definition) is 1. The Labute approximate surface area is 143 Å². The van der Waals surface area contributed by atoms with Crippen LogP contribution < -0.4 is 14.8 Å². The van der Waals surface area contributed by atoms with Crippen molar-refractivity contribution < 1.29 is 19.1 Å². The fraction of sp³-hybridized carbons (Fsp3) is 0.474. The van der Waals surface area contributed by atoms with Crippen LogP contribution in [0, 0.1) is 0 Å². The van der Waals surface area contributed by atoms with E-state index in [1.807, 2.05) is 19.9 Å². The Morgan fingerprint density at radius 1 is 1.04 bits per heavy atom. The van der Waals surface area contributed by atoms with Gasteiger partial charge in [0.15, 0.2) is 11.5 Å². The monoisotopic (exact) mass is 331 g/mol. The van der Waals surface area contributed by atoms with Gasteiger partial charge in [0.05, 0.1) is 19.9 Å². The van der Waals surface area contributed by atoms with Crippen molar-refractivity contribution in [3.8, 4) is 11.5 Å². The number of allylic oxidation sites excluding steroid dienone is 2. The molecule has 130 valence electrons. The number of benzene rings is 1. The number of carbonyl (C=O) groups excluding carboxylic acids is 2. The number of methoxy groups -OCH3 is 2. The molecule has 0 aromatic heterocycles. The Bertz CT molecular complexity index is 676. The van der Waals surface area contributed by atoms with Crippen LogP contribution in [0.5, 0.6) is 11.5 Å². The van der Waals surface area contributed by atoms with Crippen LogP contribution in [0.4, 0.5) is 0 Å². The van der Waals surface area contributed by atoms with Crippen LogP contribution in [0.15, 0.2) is 17.8 Å². The van der Waals surface area contributed by atoms with Crippen LogP contribution in [0.25, 0.3) is 5.57 Å². The zero-order valence-electron chi connectivity index (χ0n) is 14.8. The summed E-state index contributed by atoms with van der Waals surface area (Å²) in [6.45, 7) is 4.08. The molecular weight excluding hydrogens is 306 g/mol. The summed E-state index contributed by atoms with van der Waals surface area (Å²) in [5.41, 5.74) is 2.67. The first kappa shape index (κ1) is 18.0. The molecule has 1 aromatic rings. The van der Waals surface area contributed by atoms with Gasteiger partial charge in [-0.15, -0.1) is 0 Å². The van der Waals surface area contributed by atoms with Gasteiger partial charge in [-0.25, -0.2) is 0 Å². The van der Waals surface area contributed by atoms with Crippen molar-refractivity contribution in [2.75, 3.05) is 14.2 Å². The molecule has 1 N–H and O–H groups in total. The quantitative estimate of drug-likeness (QED) is 0.788. The molecule has 2 rings (SSSR count). The molecule has 1 aliphatic rings. The molecule has 0 spiro atoms. The van der Waals surface area contributed by atoms with E-state index in [1.165, 1.54) is 7.11 Å². The number of fused-ring (bicyclic) bond motifs is 1.